The van der Waals surface area contributed by atoms with Crippen molar-refractivity contribution in [3.63, 3.8) is 0 Å². The van der Waals surface area contributed by atoms with Crippen molar-refractivity contribution in [3.8, 4) is 0 Å². The normalized spacial score (nSPS) is 20.4. The zero-order chi connectivity index (χ0) is 11.5. The number of thiol groups is 1. The Balaban J connectivity index is 1.71. The second-order valence-electron chi connectivity index (χ2n) is 3.66. The Kier molecular flexibility index (Phi) is 9.81. The standard InChI is InChI=1S/C11H22O3S2/c15-8-6-12-4-5-13-7-9-16-10-11-2-1-3-14-11/h11,15H,1-10H2. The Morgan fingerprint density at radius 3 is 2.69 bits per heavy atom. The first kappa shape index (κ1) is 14.6. The summed E-state index contributed by atoms with van der Waals surface area (Å²) in [6, 6.07) is 0. The minimum atomic E-state index is 0.490. The van der Waals surface area contributed by atoms with Crippen LogP contribution in [-0.4, -0.2) is 56.4 Å². The second kappa shape index (κ2) is 10.7. The first-order chi connectivity index (χ1) is 7.93. The van der Waals surface area contributed by atoms with E-state index in [0.717, 1.165) is 30.5 Å². The fourth-order valence-corrected chi connectivity index (χ4v) is 2.55. The summed E-state index contributed by atoms with van der Waals surface area (Å²) in [5.41, 5.74) is 0. The number of ether oxygens (including phenoxy) is 3. The van der Waals surface area contributed by atoms with Gasteiger partial charge in [-0.25, -0.2) is 0 Å². The third-order valence-corrected chi connectivity index (χ3v) is 3.55. The summed E-state index contributed by atoms with van der Waals surface area (Å²) in [7, 11) is 0. The molecule has 0 aromatic heterocycles. The van der Waals surface area contributed by atoms with Crippen LogP contribution in [-0.2, 0) is 14.2 Å². The van der Waals surface area contributed by atoms with Crippen LogP contribution < -0.4 is 0 Å². The maximum Gasteiger partial charge on any atom is 0.0700 e. The van der Waals surface area contributed by atoms with Crippen molar-refractivity contribution in [1.82, 2.24) is 0 Å². The molecule has 0 N–H and O–H groups in total. The van der Waals surface area contributed by atoms with E-state index >= 15 is 0 Å². The molecule has 96 valence electrons. The molecule has 1 fully saturated rings. The molecule has 0 spiro atoms. The summed E-state index contributed by atoms with van der Waals surface area (Å²) < 4.78 is 16.2. The van der Waals surface area contributed by atoms with Crippen LogP contribution in [0, 0.1) is 0 Å². The molecule has 0 saturated carbocycles. The molecular formula is C11H22O3S2. The molecule has 1 aliphatic rings. The van der Waals surface area contributed by atoms with Gasteiger partial charge in [0.15, 0.2) is 0 Å². The zero-order valence-corrected chi connectivity index (χ0v) is 11.4. The third-order valence-electron chi connectivity index (χ3n) is 2.31. The Morgan fingerprint density at radius 2 is 2.00 bits per heavy atom. The number of hydrogen-bond donors (Lipinski definition) is 1. The first-order valence-corrected chi connectivity index (χ1v) is 7.68. The molecule has 1 atom stereocenters. The minimum Gasteiger partial charge on any atom is -0.378 e. The van der Waals surface area contributed by atoms with Gasteiger partial charge >= 0.3 is 0 Å². The fourth-order valence-electron chi connectivity index (χ4n) is 1.49. The topological polar surface area (TPSA) is 27.7 Å². The average Bonchev–Trinajstić information content (AvgIpc) is 2.80. The summed E-state index contributed by atoms with van der Waals surface area (Å²) >= 11 is 5.97. The van der Waals surface area contributed by atoms with Gasteiger partial charge in [-0.2, -0.15) is 24.4 Å². The molecule has 1 heterocycles. The average molecular weight is 266 g/mol. The lowest BCUT2D eigenvalue weighted by atomic mass is 10.3. The first-order valence-electron chi connectivity index (χ1n) is 5.89. The molecule has 0 aromatic rings. The van der Waals surface area contributed by atoms with E-state index in [1.54, 1.807) is 0 Å². The van der Waals surface area contributed by atoms with E-state index in [0.29, 0.717) is 25.9 Å². The zero-order valence-electron chi connectivity index (χ0n) is 9.73. The summed E-state index contributed by atoms with van der Waals surface area (Å²) in [6.07, 6.45) is 2.94. The molecule has 16 heavy (non-hydrogen) atoms. The van der Waals surface area contributed by atoms with Crippen LogP contribution in [0.25, 0.3) is 0 Å². The Bertz CT molecular complexity index is 152. The minimum absolute atomic E-state index is 0.490. The molecule has 0 bridgehead atoms. The van der Waals surface area contributed by atoms with Gasteiger partial charge in [-0.15, -0.1) is 0 Å². The van der Waals surface area contributed by atoms with Crippen LogP contribution >= 0.6 is 24.4 Å². The largest absolute Gasteiger partial charge is 0.378 e. The van der Waals surface area contributed by atoms with E-state index in [9.17, 15) is 0 Å². The van der Waals surface area contributed by atoms with E-state index in [4.69, 9.17) is 14.2 Å². The van der Waals surface area contributed by atoms with Gasteiger partial charge in [0.2, 0.25) is 0 Å². The highest BCUT2D eigenvalue weighted by Gasteiger charge is 2.14. The van der Waals surface area contributed by atoms with Crippen molar-refractivity contribution in [2.75, 3.05) is 50.3 Å². The molecule has 1 unspecified atom stereocenters. The van der Waals surface area contributed by atoms with Gasteiger partial charge in [0, 0.05) is 23.9 Å². The highest BCUT2D eigenvalue weighted by atomic mass is 32.2. The van der Waals surface area contributed by atoms with Crippen molar-refractivity contribution in [2.45, 2.75) is 18.9 Å². The third kappa shape index (κ3) is 7.79. The predicted octanol–water partition coefficient (Wildman–Crippen LogP) is 1.86. The monoisotopic (exact) mass is 266 g/mol. The maximum absolute atomic E-state index is 5.54. The van der Waals surface area contributed by atoms with Gasteiger partial charge in [-0.05, 0) is 12.8 Å². The van der Waals surface area contributed by atoms with Crippen LogP contribution in [0.4, 0.5) is 0 Å². The SMILES string of the molecule is SCCOCCOCCSCC1CCCO1. The smallest absolute Gasteiger partial charge is 0.0700 e. The van der Waals surface area contributed by atoms with Gasteiger partial charge in [-0.1, -0.05) is 0 Å². The summed E-state index contributed by atoms with van der Waals surface area (Å²) in [5, 5.41) is 0. The molecule has 3 nitrogen and oxygen atoms in total. The van der Waals surface area contributed by atoms with E-state index < -0.39 is 0 Å². The summed E-state index contributed by atoms with van der Waals surface area (Å²) in [5.74, 6) is 2.93. The van der Waals surface area contributed by atoms with E-state index in [1.807, 2.05) is 11.8 Å². The summed E-state index contributed by atoms with van der Waals surface area (Å²) in [4.78, 5) is 0. The second-order valence-corrected chi connectivity index (χ2v) is 5.26. The molecule has 1 aliphatic heterocycles. The molecule has 0 radical (unpaired) electrons. The molecule has 1 rings (SSSR count). The molecule has 0 amide bonds. The van der Waals surface area contributed by atoms with E-state index in [2.05, 4.69) is 12.6 Å². The molecule has 5 heteroatoms. The quantitative estimate of drug-likeness (QED) is 0.482. The van der Waals surface area contributed by atoms with Crippen LogP contribution in [0.5, 0.6) is 0 Å². The summed E-state index contributed by atoms with van der Waals surface area (Å²) in [6.45, 7) is 3.83. The van der Waals surface area contributed by atoms with Gasteiger partial charge in [-0.3, -0.25) is 0 Å². The number of rotatable bonds is 10. The fraction of sp³-hybridized carbons (Fsp3) is 1.00. The lowest BCUT2D eigenvalue weighted by Gasteiger charge is -2.08. The Hall–Kier alpha value is 0.580. The maximum atomic E-state index is 5.54. The predicted molar refractivity (Wildman–Crippen MR) is 71.8 cm³/mol. The van der Waals surface area contributed by atoms with Gasteiger partial charge in [0.05, 0.1) is 32.5 Å². The number of hydrogen-bond acceptors (Lipinski definition) is 5. The van der Waals surface area contributed by atoms with Crippen LogP contribution in [0.1, 0.15) is 12.8 Å². The molecular weight excluding hydrogens is 244 g/mol. The van der Waals surface area contributed by atoms with Crippen molar-refractivity contribution in [1.29, 1.82) is 0 Å². The van der Waals surface area contributed by atoms with E-state index in [1.165, 1.54) is 12.8 Å². The van der Waals surface area contributed by atoms with Gasteiger partial charge in [0.25, 0.3) is 0 Å². The molecule has 0 aromatic carbocycles. The van der Waals surface area contributed by atoms with Crippen LogP contribution in [0.15, 0.2) is 0 Å². The Morgan fingerprint density at radius 1 is 1.19 bits per heavy atom. The van der Waals surface area contributed by atoms with E-state index in [-0.39, 0.29) is 0 Å². The highest BCUT2D eigenvalue weighted by Crippen LogP contribution is 2.16. The highest BCUT2D eigenvalue weighted by molar-refractivity contribution is 7.99. The van der Waals surface area contributed by atoms with Crippen molar-refractivity contribution >= 4 is 24.4 Å². The van der Waals surface area contributed by atoms with Gasteiger partial charge in [0.1, 0.15) is 0 Å². The van der Waals surface area contributed by atoms with Crippen molar-refractivity contribution < 1.29 is 14.2 Å². The lowest BCUT2D eigenvalue weighted by Crippen LogP contribution is -2.11. The van der Waals surface area contributed by atoms with Crippen LogP contribution in [0.2, 0.25) is 0 Å². The van der Waals surface area contributed by atoms with Crippen molar-refractivity contribution in [3.05, 3.63) is 0 Å². The van der Waals surface area contributed by atoms with Crippen molar-refractivity contribution in [2.24, 2.45) is 0 Å². The Labute approximate surface area is 108 Å². The lowest BCUT2D eigenvalue weighted by molar-refractivity contribution is 0.0605. The molecule has 1 saturated heterocycles. The number of thioether (sulfide) groups is 1. The van der Waals surface area contributed by atoms with Gasteiger partial charge < -0.3 is 14.2 Å². The van der Waals surface area contributed by atoms with Crippen LogP contribution in [0.3, 0.4) is 0 Å². The molecule has 0 aliphatic carbocycles.